The molecule has 0 unspecified atom stereocenters. The molecule has 0 aliphatic carbocycles. The quantitative estimate of drug-likeness (QED) is 0.0632. The number of hydrogen-bond donors (Lipinski definition) is 9. The second-order valence-corrected chi connectivity index (χ2v) is 9.81. The summed E-state index contributed by atoms with van der Waals surface area (Å²) in [5, 5.41) is 38.8. The van der Waals surface area contributed by atoms with E-state index in [0.29, 0.717) is 4.57 Å². The predicted octanol–water partition coefficient (Wildman–Crippen LogP) is -5.42. The Kier molecular flexibility index (Phi) is 10.2. The van der Waals surface area contributed by atoms with E-state index in [1.165, 1.54) is 0 Å². The summed E-state index contributed by atoms with van der Waals surface area (Å²) in [6.45, 7) is -1.16. The average molecular weight is 580 g/mol. The van der Waals surface area contributed by atoms with Gasteiger partial charge in [-0.2, -0.15) is 0 Å². The highest BCUT2D eigenvalue weighted by Gasteiger charge is 2.53. The number of aliphatic hydroxyl groups excluding tert-OH is 4. The zero-order valence-corrected chi connectivity index (χ0v) is 19.8. The summed E-state index contributed by atoms with van der Waals surface area (Å²) in [4.78, 5) is 85.0. The van der Waals surface area contributed by atoms with Crippen LogP contribution in [0, 0.1) is 0 Å². The molecule has 8 atom stereocenters. The first-order valence-corrected chi connectivity index (χ1v) is 12.8. The van der Waals surface area contributed by atoms with Gasteiger partial charge >= 0.3 is 27.3 Å². The third-order valence-corrected chi connectivity index (χ3v) is 5.74. The Balaban J connectivity index is 2.48. The largest absolute Gasteiger partial charge is 0.470 e. The third kappa shape index (κ3) is 8.42. The van der Waals surface area contributed by atoms with Crippen LogP contribution in [0.4, 0.5) is 0 Å². The van der Waals surface area contributed by atoms with Gasteiger partial charge in [-0.3, -0.25) is 23.4 Å². The lowest BCUT2D eigenvalue weighted by Gasteiger charge is -2.28. The van der Waals surface area contributed by atoms with Gasteiger partial charge < -0.3 is 54.3 Å². The minimum absolute atomic E-state index is 0.231. The van der Waals surface area contributed by atoms with Gasteiger partial charge in [-0.1, -0.05) is 0 Å². The number of H-pyrrole nitrogens is 1. The molecule has 22 heteroatoms. The van der Waals surface area contributed by atoms with Crippen molar-refractivity contribution in [3.63, 3.8) is 0 Å². The molecular weight excluding hydrogens is 558 g/mol. The Bertz CT molecular complexity index is 1170. The number of esters is 1. The predicted molar refractivity (Wildman–Crippen MR) is 110 cm³/mol. The maximum absolute atomic E-state index is 12.5. The summed E-state index contributed by atoms with van der Waals surface area (Å²) in [5.74, 6) is -1.86. The second-order valence-electron chi connectivity index (χ2n) is 7.38. The van der Waals surface area contributed by atoms with E-state index in [1.807, 2.05) is 0 Å². The number of nitrogens with one attached hydrogen (secondary N) is 1. The number of hydrogen-bond acceptors (Lipinski definition) is 14. The van der Waals surface area contributed by atoms with Gasteiger partial charge in [0.05, 0.1) is 6.61 Å². The van der Waals surface area contributed by atoms with Gasteiger partial charge in [0, 0.05) is 12.3 Å². The first kappa shape index (κ1) is 31.1. The number of aliphatic hydroxyl groups is 4. The van der Waals surface area contributed by atoms with Crippen LogP contribution in [-0.2, 0) is 37.2 Å². The molecule has 1 aliphatic rings. The fourth-order valence-corrected chi connectivity index (χ4v) is 4.00. The topological polar surface area (TPSA) is 322 Å². The number of phosphoric ester groups is 2. The van der Waals surface area contributed by atoms with Crippen LogP contribution in [0.15, 0.2) is 21.9 Å². The summed E-state index contributed by atoms with van der Waals surface area (Å²) >= 11 is 0. The van der Waals surface area contributed by atoms with Crippen LogP contribution in [-0.4, -0.2) is 111 Å². The molecular formula is C15H22N2O18P2. The molecule has 0 radical (unpaired) electrons. The highest BCUT2D eigenvalue weighted by atomic mass is 31.2. The van der Waals surface area contributed by atoms with Gasteiger partial charge in [0.15, 0.2) is 24.7 Å². The lowest BCUT2D eigenvalue weighted by atomic mass is 10.0. The maximum Gasteiger partial charge on any atom is 0.470 e. The van der Waals surface area contributed by atoms with Gasteiger partial charge in [-0.15, -0.1) is 0 Å². The Morgan fingerprint density at radius 3 is 2.22 bits per heavy atom. The summed E-state index contributed by atoms with van der Waals surface area (Å²) in [6, 6.07) is 0.776. The zero-order valence-electron chi connectivity index (χ0n) is 18.1. The Labute approximate surface area is 204 Å². The maximum atomic E-state index is 12.5. The van der Waals surface area contributed by atoms with E-state index in [0.717, 1.165) is 12.3 Å². The van der Waals surface area contributed by atoms with Crippen molar-refractivity contribution in [2.75, 3.05) is 6.61 Å². The molecule has 20 nitrogen and oxygen atoms in total. The normalized spacial score (nSPS) is 25.7. The van der Waals surface area contributed by atoms with E-state index in [1.54, 1.807) is 4.98 Å². The molecule has 2 heterocycles. The average Bonchev–Trinajstić information content (AvgIpc) is 3.10. The van der Waals surface area contributed by atoms with Crippen molar-refractivity contribution in [1.82, 2.24) is 9.55 Å². The number of aromatic nitrogens is 2. The zero-order chi connectivity index (χ0) is 28.3. The van der Waals surface area contributed by atoms with E-state index in [4.69, 9.17) is 19.3 Å². The second kappa shape index (κ2) is 12.1. The monoisotopic (exact) mass is 580 g/mol. The minimum atomic E-state index is -5.50. The van der Waals surface area contributed by atoms with Crippen LogP contribution >= 0.6 is 15.6 Å². The van der Waals surface area contributed by atoms with Crippen LogP contribution in [0.2, 0.25) is 0 Å². The molecule has 0 bridgehead atoms. The molecule has 9 N–H and O–H groups in total. The number of aromatic amines is 1. The molecule has 210 valence electrons. The van der Waals surface area contributed by atoms with Crippen molar-refractivity contribution in [3.8, 4) is 0 Å². The van der Waals surface area contributed by atoms with Gasteiger partial charge in [-0.25, -0.2) is 18.7 Å². The molecule has 0 aromatic carbocycles. The number of phosphoric acid groups is 2. The molecule has 0 spiro atoms. The molecule has 37 heavy (non-hydrogen) atoms. The Morgan fingerprint density at radius 2 is 1.70 bits per heavy atom. The van der Waals surface area contributed by atoms with Crippen molar-refractivity contribution < 1.29 is 77.2 Å². The molecule has 0 amide bonds. The van der Waals surface area contributed by atoms with Crippen molar-refractivity contribution in [1.29, 1.82) is 0 Å². The molecule has 1 fully saturated rings. The highest BCUT2D eigenvalue weighted by molar-refractivity contribution is 7.46. The van der Waals surface area contributed by atoms with E-state index in [-0.39, 0.29) is 6.29 Å². The highest BCUT2D eigenvalue weighted by Crippen LogP contribution is 2.46. The minimum Gasteiger partial charge on any atom is -0.453 e. The van der Waals surface area contributed by atoms with Gasteiger partial charge in [0.2, 0.25) is 0 Å². The van der Waals surface area contributed by atoms with Gasteiger partial charge in [-0.05, 0) is 0 Å². The van der Waals surface area contributed by atoms with Crippen LogP contribution in [0.5, 0.6) is 0 Å². The molecule has 2 rings (SSSR count). The first-order valence-electron chi connectivity index (χ1n) is 9.74. The summed E-state index contributed by atoms with van der Waals surface area (Å²) in [6.07, 6.45) is -17.5. The number of ether oxygens (including phenoxy) is 2. The fraction of sp³-hybridized carbons (Fsp3) is 0.600. The number of aldehydes is 1. The SMILES string of the molecule is O=C[C@H](O)[C@@H](O)[C@H](O)[C@H](O)C(=O)O[C@@H]1[C@H](OP(=O)(O)O)[C@@H](COP(=O)(O)O)O[C@H]1n1ccc(=O)[nH]c1=O. The van der Waals surface area contributed by atoms with Crippen molar-refractivity contribution >= 4 is 27.9 Å². The lowest BCUT2D eigenvalue weighted by molar-refractivity contribution is -0.181. The van der Waals surface area contributed by atoms with E-state index >= 15 is 0 Å². The summed E-state index contributed by atoms with van der Waals surface area (Å²) in [7, 11) is -10.7. The van der Waals surface area contributed by atoms with E-state index in [2.05, 4.69) is 9.05 Å². The van der Waals surface area contributed by atoms with Crippen LogP contribution in [0.1, 0.15) is 6.23 Å². The molecule has 1 saturated heterocycles. The molecule has 1 aromatic rings. The summed E-state index contributed by atoms with van der Waals surface area (Å²) < 4.78 is 42.1. The summed E-state index contributed by atoms with van der Waals surface area (Å²) in [5.41, 5.74) is -2.13. The van der Waals surface area contributed by atoms with E-state index < -0.39 is 88.4 Å². The number of carbonyl (C=O) groups is 2. The van der Waals surface area contributed by atoms with Crippen LogP contribution < -0.4 is 11.2 Å². The molecule has 0 saturated carbocycles. The Morgan fingerprint density at radius 1 is 1.08 bits per heavy atom. The standard InChI is InChI=1S/C15H22N2O18P2/c18-3-5(19)8(21)9(22)10(23)14(24)34-12-11(35-37(29,30)31)6(4-32-36(26,27)28)33-13(12)17-2-1-7(20)16-15(17)25/h1-3,5-6,8-13,19,21-23H,4H2,(H,16,20,25)(H2,26,27,28)(H2,29,30,31)/t5-,6+,8+,9-,10-,11+,12+,13+/m0/s1. The third-order valence-electron chi connectivity index (χ3n) is 4.73. The van der Waals surface area contributed by atoms with Crippen molar-refractivity contribution in [2.24, 2.45) is 0 Å². The van der Waals surface area contributed by atoms with Crippen molar-refractivity contribution in [3.05, 3.63) is 33.1 Å². The van der Waals surface area contributed by atoms with Crippen molar-refractivity contribution in [2.45, 2.75) is 49.0 Å². The van der Waals surface area contributed by atoms with Gasteiger partial charge in [0.25, 0.3) is 5.56 Å². The fourth-order valence-electron chi connectivity index (χ4n) is 3.09. The number of nitrogens with zero attached hydrogens (tertiary/aromatic N) is 1. The van der Waals surface area contributed by atoms with Crippen LogP contribution in [0.25, 0.3) is 0 Å². The Hall–Kier alpha value is -2.16. The molecule has 1 aromatic heterocycles. The lowest BCUT2D eigenvalue weighted by Crippen LogP contribution is -2.50. The number of rotatable bonds is 12. The van der Waals surface area contributed by atoms with Gasteiger partial charge in [0.1, 0.15) is 30.5 Å². The molecule has 1 aliphatic heterocycles. The number of carbonyl (C=O) groups excluding carboxylic acids is 2. The first-order chi connectivity index (χ1) is 16.9. The van der Waals surface area contributed by atoms with Crippen LogP contribution in [0.3, 0.4) is 0 Å². The van der Waals surface area contributed by atoms with E-state index in [9.17, 15) is 58.5 Å². The smallest absolute Gasteiger partial charge is 0.453 e.